The van der Waals surface area contributed by atoms with Gasteiger partial charge in [0, 0.05) is 23.6 Å². The van der Waals surface area contributed by atoms with Gasteiger partial charge in [0.2, 0.25) is 5.91 Å². The predicted molar refractivity (Wildman–Crippen MR) is 76.0 cm³/mol. The molecular weight excluding hydrogens is 238 g/mol. The lowest BCUT2D eigenvalue weighted by atomic mass is 10.1. The summed E-state index contributed by atoms with van der Waals surface area (Å²) in [6.45, 7) is 4.02. The van der Waals surface area contributed by atoms with Crippen LogP contribution in [0.25, 0.3) is 0 Å². The molecule has 1 unspecified atom stereocenters. The van der Waals surface area contributed by atoms with E-state index in [1.54, 1.807) is 18.3 Å². The fraction of sp³-hybridized carbons (Fsp3) is 0.200. The molecule has 19 heavy (non-hydrogen) atoms. The highest BCUT2D eigenvalue weighted by Crippen LogP contribution is 2.22. The van der Waals surface area contributed by atoms with Crippen LogP contribution in [0.1, 0.15) is 34.5 Å². The van der Waals surface area contributed by atoms with Crippen LogP contribution >= 0.6 is 0 Å². The first-order chi connectivity index (χ1) is 9.08. The van der Waals surface area contributed by atoms with E-state index in [1.807, 2.05) is 31.3 Å². The van der Waals surface area contributed by atoms with E-state index >= 15 is 0 Å². The Bertz CT molecular complexity index is 581. The number of aryl methyl sites for hydroxylation is 1. The van der Waals surface area contributed by atoms with E-state index in [1.165, 1.54) is 0 Å². The van der Waals surface area contributed by atoms with E-state index in [-0.39, 0.29) is 6.04 Å². The molecule has 1 aromatic heterocycles. The summed E-state index contributed by atoms with van der Waals surface area (Å²) in [5.41, 5.74) is 8.87. The molecule has 0 aliphatic rings. The van der Waals surface area contributed by atoms with Crippen molar-refractivity contribution in [3.8, 4) is 0 Å². The normalized spacial score (nSPS) is 11.9. The fourth-order valence-corrected chi connectivity index (χ4v) is 1.93. The third kappa shape index (κ3) is 3.10. The fourth-order valence-electron chi connectivity index (χ4n) is 1.93. The number of pyridine rings is 1. The van der Waals surface area contributed by atoms with Crippen LogP contribution in [0.2, 0.25) is 0 Å². The minimum Gasteiger partial charge on any atom is -0.378 e. The van der Waals surface area contributed by atoms with Crippen molar-refractivity contribution in [1.82, 2.24) is 4.98 Å². The molecule has 0 aliphatic carbocycles. The average molecular weight is 255 g/mol. The Morgan fingerprint density at radius 3 is 2.74 bits per heavy atom. The Balaban J connectivity index is 2.18. The Labute approximate surface area is 112 Å². The van der Waals surface area contributed by atoms with Crippen LogP contribution < -0.4 is 11.1 Å². The number of anilines is 1. The second kappa shape index (κ2) is 5.52. The number of hydrogen-bond acceptors (Lipinski definition) is 3. The zero-order valence-corrected chi connectivity index (χ0v) is 11.1. The largest absolute Gasteiger partial charge is 0.378 e. The first-order valence-corrected chi connectivity index (χ1v) is 6.15. The Morgan fingerprint density at radius 2 is 2.16 bits per heavy atom. The molecule has 2 rings (SSSR count). The molecule has 1 aromatic carbocycles. The van der Waals surface area contributed by atoms with Gasteiger partial charge in [0.05, 0.1) is 6.04 Å². The van der Waals surface area contributed by atoms with Gasteiger partial charge < -0.3 is 11.1 Å². The zero-order valence-electron chi connectivity index (χ0n) is 11.1. The summed E-state index contributed by atoms with van der Waals surface area (Å²) in [5, 5.41) is 3.40. The third-order valence-electron chi connectivity index (χ3n) is 3.07. The summed E-state index contributed by atoms with van der Waals surface area (Å²) >= 11 is 0. The average Bonchev–Trinajstić information content (AvgIpc) is 2.41. The number of carbonyl (C=O) groups is 1. The lowest BCUT2D eigenvalue weighted by molar-refractivity contribution is 0.1000. The molecule has 98 valence electrons. The number of nitrogens with zero attached hydrogens (tertiary/aromatic N) is 1. The number of rotatable bonds is 4. The summed E-state index contributed by atoms with van der Waals surface area (Å²) in [6, 6.07) is 9.48. The van der Waals surface area contributed by atoms with Crippen molar-refractivity contribution in [2.24, 2.45) is 5.73 Å². The van der Waals surface area contributed by atoms with E-state index in [9.17, 15) is 4.79 Å². The SMILES string of the molecule is Cc1cc(C(N)=O)ccc1NC(C)c1cccnc1. The number of hydrogen-bond donors (Lipinski definition) is 2. The van der Waals surface area contributed by atoms with Crippen molar-refractivity contribution in [2.45, 2.75) is 19.9 Å². The smallest absolute Gasteiger partial charge is 0.248 e. The standard InChI is InChI=1S/C15H17N3O/c1-10-8-12(15(16)19)5-6-14(10)18-11(2)13-4-3-7-17-9-13/h3-9,11,18H,1-2H3,(H2,16,19). The number of carbonyl (C=O) groups excluding carboxylic acids is 1. The third-order valence-corrected chi connectivity index (χ3v) is 3.07. The highest BCUT2D eigenvalue weighted by atomic mass is 16.1. The molecule has 0 aliphatic heterocycles. The van der Waals surface area contributed by atoms with E-state index < -0.39 is 5.91 Å². The maximum atomic E-state index is 11.1. The monoisotopic (exact) mass is 255 g/mol. The lowest BCUT2D eigenvalue weighted by Crippen LogP contribution is -2.12. The summed E-state index contributed by atoms with van der Waals surface area (Å²) in [5.74, 6) is -0.407. The summed E-state index contributed by atoms with van der Waals surface area (Å²) in [6.07, 6.45) is 3.59. The molecule has 1 heterocycles. The van der Waals surface area contributed by atoms with Crippen molar-refractivity contribution in [3.05, 3.63) is 59.4 Å². The molecule has 0 spiro atoms. The number of amides is 1. The zero-order chi connectivity index (χ0) is 13.8. The van der Waals surface area contributed by atoms with Crippen LogP contribution in [0.15, 0.2) is 42.7 Å². The molecule has 3 N–H and O–H groups in total. The molecule has 0 saturated carbocycles. The second-order valence-electron chi connectivity index (χ2n) is 4.55. The van der Waals surface area contributed by atoms with Gasteiger partial charge in [-0.3, -0.25) is 9.78 Å². The van der Waals surface area contributed by atoms with E-state index in [0.29, 0.717) is 5.56 Å². The number of nitrogens with one attached hydrogen (secondary N) is 1. The number of benzene rings is 1. The Kier molecular flexibility index (Phi) is 3.80. The first-order valence-electron chi connectivity index (χ1n) is 6.15. The van der Waals surface area contributed by atoms with Crippen molar-refractivity contribution in [1.29, 1.82) is 0 Å². The highest BCUT2D eigenvalue weighted by Gasteiger charge is 2.08. The van der Waals surface area contributed by atoms with Crippen LogP contribution in [0.4, 0.5) is 5.69 Å². The Morgan fingerprint density at radius 1 is 1.37 bits per heavy atom. The molecule has 2 aromatic rings. The van der Waals surface area contributed by atoms with E-state index in [4.69, 9.17) is 5.73 Å². The van der Waals surface area contributed by atoms with Crippen molar-refractivity contribution in [3.63, 3.8) is 0 Å². The molecule has 1 atom stereocenters. The molecule has 1 amide bonds. The molecule has 4 heteroatoms. The van der Waals surface area contributed by atoms with Crippen LogP contribution in [0, 0.1) is 6.92 Å². The molecule has 0 radical (unpaired) electrons. The van der Waals surface area contributed by atoms with Crippen molar-refractivity contribution < 1.29 is 4.79 Å². The number of aromatic nitrogens is 1. The minimum atomic E-state index is -0.407. The van der Waals surface area contributed by atoms with E-state index in [0.717, 1.165) is 16.8 Å². The van der Waals surface area contributed by atoms with Gasteiger partial charge >= 0.3 is 0 Å². The Hall–Kier alpha value is -2.36. The highest BCUT2D eigenvalue weighted by molar-refractivity contribution is 5.93. The van der Waals surface area contributed by atoms with E-state index in [2.05, 4.69) is 17.2 Å². The molecular formula is C15H17N3O. The molecule has 0 saturated heterocycles. The van der Waals surface area contributed by atoms with Gasteiger partial charge in [-0.2, -0.15) is 0 Å². The molecule has 4 nitrogen and oxygen atoms in total. The summed E-state index contributed by atoms with van der Waals surface area (Å²) in [4.78, 5) is 15.2. The number of nitrogens with two attached hydrogens (primary N) is 1. The van der Waals surface area contributed by atoms with Gasteiger partial charge in [-0.15, -0.1) is 0 Å². The van der Waals surface area contributed by atoms with Crippen LogP contribution in [0.5, 0.6) is 0 Å². The van der Waals surface area contributed by atoms with Gasteiger partial charge in [-0.05, 0) is 49.2 Å². The second-order valence-corrected chi connectivity index (χ2v) is 4.55. The molecule has 0 bridgehead atoms. The van der Waals surface area contributed by atoms with Gasteiger partial charge in [-0.1, -0.05) is 6.07 Å². The van der Waals surface area contributed by atoms with Gasteiger partial charge in [0.1, 0.15) is 0 Å². The van der Waals surface area contributed by atoms with Crippen molar-refractivity contribution >= 4 is 11.6 Å². The summed E-state index contributed by atoms with van der Waals surface area (Å²) < 4.78 is 0. The maximum absolute atomic E-state index is 11.1. The van der Waals surface area contributed by atoms with Crippen LogP contribution in [-0.2, 0) is 0 Å². The maximum Gasteiger partial charge on any atom is 0.248 e. The first kappa shape index (κ1) is 13.1. The van der Waals surface area contributed by atoms with Gasteiger partial charge in [0.15, 0.2) is 0 Å². The quantitative estimate of drug-likeness (QED) is 0.882. The molecule has 0 fully saturated rings. The lowest BCUT2D eigenvalue weighted by Gasteiger charge is -2.17. The predicted octanol–water partition coefficient (Wildman–Crippen LogP) is 2.66. The summed E-state index contributed by atoms with van der Waals surface area (Å²) in [7, 11) is 0. The number of primary amides is 1. The van der Waals surface area contributed by atoms with Gasteiger partial charge in [-0.25, -0.2) is 0 Å². The van der Waals surface area contributed by atoms with Crippen LogP contribution in [0.3, 0.4) is 0 Å². The van der Waals surface area contributed by atoms with Crippen molar-refractivity contribution in [2.75, 3.05) is 5.32 Å². The van der Waals surface area contributed by atoms with Crippen LogP contribution in [-0.4, -0.2) is 10.9 Å². The topological polar surface area (TPSA) is 68.0 Å². The minimum absolute atomic E-state index is 0.145. The van der Waals surface area contributed by atoms with Gasteiger partial charge in [0.25, 0.3) is 0 Å².